The summed E-state index contributed by atoms with van der Waals surface area (Å²) in [6.45, 7) is 1.80. The molecule has 0 aliphatic carbocycles. The first-order chi connectivity index (χ1) is 6.54. The van der Waals surface area contributed by atoms with E-state index < -0.39 is 17.6 Å². The van der Waals surface area contributed by atoms with E-state index in [-0.39, 0.29) is 5.56 Å². The second-order valence-electron chi connectivity index (χ2n) is 2.84. The van der Waals surface area contributed by atoms with Gasteiger partial charge in [0.1, 0.15) is 5.82 Å². The summed E-state index contributed by atoms with van der Waals surface area (Å²) in [6.07, 6.45) is 0.553. The van der Waals surface area contributed by atoms with Gasteiger partial charge >= 0.3 is 5.97 Å². The number of ketones is 1. The second-order valence-corrected chi connectivity index (χ2v) is 2.84. The number of aliphatic carboxylic acids is 1. The van der Waals surface area contributed by atoms with Crippen molar-refractivity contribution < 1.29 is 19.1 Å². The molecule has 0 atom stereocenters. The van der Waals surface area contributed by atoms with Crippen LogP contribution in [-0.2, 0) is 11.2 Å². The molecule has 0 saturated heterocycles. The molecule has 1 N–H and O–H groups in total. The highest BCUT2D eigenvalue weighted by molar-refractivity contribution is 6.39. The van der Waals surface area contributed by atoms with Crippen molar-refractivity contribution in [2.75, 3.05) is 0 Å². The number of carbonyl (C=O) groups excluding carboxylic acids is 1. The van der Waals surface area contributed by atoms with Crippen molar-refractivity contribution in [3.8, 4) is 0 Å². The molecule has 0 aliphatic heterocycles. The van der Waals surface area contributed by atoms with Crippen LogP contribution in [-0.4, -0.2) is 16.9 Å². The number of Topliss-reactive ketones (excluding diaryl/α,β-unsaturated/α-hetero) is 1. The van der Waals surface area contributed by atoms with Crippen molar-refractivity contribution >= 4 is 11.8 Å². The van der Waals surface area contributed by atoms with Crippen LogP contribution in [0.5, 0.6) is 0 Å². The Morgan fingerprint density at radius 3 is 2.50 bits per heavy atom. The fourth-order valence-electron chi connectivity index (χ4n) is 1.11. The lowest BCUT2D eigenvalue weighted by Crippen LogP contribution is -2.13. The summed E-state index contributed by atoms with van der Waals surface area (Å²) in [6, 6.07) is 3.59. The molecule has 0 radical (unpaired) electrons. The maximum Gasteiger partial charge on any atom is 0.377 e. The quantitative estimate of drug-likeness (QED) is 0.590. The van der Waals surface area contributed by atoms with Crippen molar-refractivity contribution in [3.63, 3.8) is 0 Å². The van der Waals surface area contributed by atoms with Crippen molar-refractivity contribution in [1.29, 1.82) is 0 Å². The predicted molar refractivity (Wildman–Crippen MR) is 47.7 cm³/mol. The number of carbonyl (C=O) groups is 2. The SMILES string of the molecule is CCc1cc(F)cc(C(=O)C(=O)O)c1. The summed E-state index contributed by atoms with van der Waals surface area (Å²) in [5.74, 6) is -3.24. The zero-order chi connectivity index (χ0) is 10.7. The predicted octanol–water partition coefficient (Wildman–Crippen LogP) is 1.66. The average Bonchev–Trinajstić information content (AvgIpc) is 2.15. The number of carboxylic acid groups (broad SMARTS) is 1. The van der Waals surface area contributed by atoms with Crippen LogP contribution in [0.15, 0.2) is 18.2 Å². The Morgan fingerprint density at radius 2 is 2.00 bits per heavy atom. The van der Waals surface area contributed by atoms with Gasteiger partial charge in [0.25, 0.3) is 5.78 Å². The molecule has 74 valence electrons. The van der Waals surface area contributed by atoms with Gasteiger partial charge in [0, 0.05) is 5.56 Å². The Bertz CT molecular complexity index is 385. The maximum absolute atomic E-state index is 12.9. The highest BCUT2D eigenvalue weighted by Gasteiger charge is 2.15. The Kier molecular flexibility index (Phi) is 2.96. The molecule has 1 aromatic carbocycles. The summed E-state index contributed by atoms with van der Waals surface area (Å²) in [5, 5.41) is 8.42. The molecule has 0 spiro atoms. The molecular formula is C10H9FO3. The lowest BCUT2D eigenvalue weighted by Gasteiger charge is -2.00. The fourth-order valence-corrected chi connectivity index (χ4v) is 1.11. The average molecular weight is 196 g/mol. The molecule has 1 rings (SSSR count). The Labute approximate surface area is 80.2 Å². The van der Waals surface area contributed by atoms with Crippen molar-refractivity contribution in [3.05, 3.63) is 35.1 Å². The van der Waals surface area contributed by atoms with Crippen LogP contribution in [0.3, 0.4) is 0 Å². The lowest BCUT2D eigenvalue weighted by molar-refractivity contribution is -0.131. The van der Waals surface area contributed by atoms with E-state index in [0.29, 0.717) is 12.0 Å². The lowest BCUT2D eigenvalue weighted by atomic mass is 10.1. The molecule has 1 aromatic rings. The normalized spacial score (nSPS) is 9.86. The second kappa shape index (κ2) is 4.00. The maximum atomic E-state index is 12.9. The van der Waals surface area contributed by atoms with Gasteiger partial charge in [0.05, 0.1) is 0 Å². The zero-order valence-corrected chi connectivity index (χ0v) is 7.58. The van der Waals surface area contributed by atoms with Gasteiger partial charge in [-0.15, -0.1) is 0 Å². The van der Waals surface area contributed by atoms with Gasteiger partial charge in [-0.25, -0.2) is 9.18 Å². The third-order valence-corrected chi connectivity index (χ3v) is 1.82. The van der Waals surface area contributed by atoms with Crippen LogP contribution < -0.4 is 0 Å². The highest BCUT2D eigenvalue weighted by atomic mass is 19.1. The zero-order valence-electron chi connectivity index (χ0n) is 7.58. The van der Waals surface area contributed by atoms with Gasteiger partial charge in [-0.05, 0) is 30.2 Å². The van der Waals surface area contributed by atoms with E-state index in [4.69, 9.17) is 5.11 Å². The van der Waals surface area contributed by atoms with Gasteiger partial charge in [-0.2, -0.15) is 0 Å². The molecular weight excluding hydrogens is 187 g/mol. The number of carboxylic acids is 1. The van der Waals surface area contributed by atoms with Gasteiger partial charge in [0.2, 0.25) is 0 Å². The Hall–Kier alpha value is -1.71. The number of benzene rings is 1. The van der Waals surface area contributed by atoms with Crippen molar-refractivity contribution in [1.82, 2.24) is 0 Å². The minimum Gasteiger partial charge on any atom is -0.475 e. The van der Waals surface area contributed by atoms with E-state index in [0.717, 1.165) is 6.07 Å². The first-order valence-corrected chi connectivity index (χ1v) is 4.11. The molecule has 0 fully saturated rings. The third kappa shape index (κ3) is 2.16. The fraction of sp³-hybridized carbons (Fsp3) is 0.200. The summed E-state index contributed by atoms with van der Waals surface area (Å²) >= 11 is 0. The van der Waals surface area contributed by atoms with E-state index in [1.807, 2.05) is 0 Å². The van der Waals surface area contributed by atoms with E-state index >= 15 is 0 Å². The largest absolute Gasteiger partial charge is 0.475 e. The molecule has 3 nitrogen and oxygen atoms in total. The Balaban J connectivity index is 3.15. The minimum absolute atomic E-state index is 0.116. The minimum atomic E-state index is -1.57. The Morgan fingerprint density at radius 1 is 1.36 bits per heavy atom. The van der Waals surface area contributed by atoms with Gasteiger partial charge in [0.15, 0.2) is 0 Å². The first kappa shape index (κ1) is 10.4. The number of aryl methyl sites for hydroxylation is 1. The molecule has 0 aliphatic rings. The van der Waals surface area contributed by atoms with E-state index in [1.54, 1.807) is 6.92 Å². The van der Waals surface area contributed by atoms with Crippen LogP contribution in [0.1, 0.15) is 22.8 Å². The van der Waals surface area contributed by atoms with Crippen LogP contribution in [0.4, 0.5) is 4.39 Å². The summed E-state index contributed by atoms with van der Waals surface area (Å²) in [7, 11) is 0. The standard InChI is InChI=1S/C10H9FO3/c1-2-6-3-7(5-8(11)4-6)9(12)10(13)14/h3-5H,2H2,1H3,(H,13,14). The third-order valence-electron chi connectivity index (χ3n) is 1.82. The molecule has 4 heteroatoms. The monoisotopic (exact) mass is 196 g/mol. The van der Waals surface area contributed by atoms with Crippen LogP contribution in [0.25, 0.3) is 0 Å². The highest BCUT2D eigenvalue weighted by Crippen LogP contribution is 2.10. The molecule has 0 aromatic heterocycles. The first-order valence-electron chi connectivity index (χ1n) is 4.11. The number of halogens is 1. The van der Waals surface area contributed by atoms with E-state index in [9.17, 15) is 14.0 Å². The van der Waals surface area contributed by atoms with E-state index in [2.05, 4.69) is 0 Å². The molecule has 14 heavy (non-hydrogen) atoms. The summed E-state index contributed by atoms with van der Waals surface area (Å²) < 4.78 is 12.9. The topological polar surface area (TPSA) is 54.4 Å². The van der Waals surface area contributed by atoms with Crippen LogP contribution in [0, 0.1) is 5.82 Å². The molecule has 0 amide bonds. The van der Waals surface area contributed by atoms with Gasteiger partial charge in [-0.1, -0.05) is 6.92 Å². The molecule has 0 bridgehead atoms. The van der Waals surface area contributed by atoms with Gasteiger partial charge < -0.3 is 5.11 Å². The summed E-state index contributed by atoms with van der Waals surface area (Å²) in [4.78, 5) is 21.3. The molecule has 0 heterocycles. The van der Waals surface area contributed by atoms with Crippen LogP contribution >= 0.6 is 0 Å². The summed E-state index contributed by atoms with van der Waals surface area (Å²) in [5.41, 5.74) is 0.490. The molecule has 0 saturated carbocycles. The van der Waals surface area contributed by atoms with Crippen molar-refractivity contribution in [2.45, 2.75) is 13.3 Å². The van der Waals surface area contributed by atoms with Crippen LogP contribution in [0.2, 0.25) is 0 Å². The number of rotatable bonds is 3. The molecule has 0 unspecified atom stereocenters. The number of hydrogen-bond donors (Lipinski definition) is 1. The van der Waals surface area contributed by atoms with E-state index in [1.165, 1.54) is 12.1 Å². The van der Waals surface area contributed by atoms with Crippen molar-refractivity contribution in [2.24, 2.45) is 0 Å². The smallest absolute Gasteiger partial charge is 0.377 e. The van der Waals surface area contributed by atoms with Gasteiger partial charge in [-0.3, -0.25) is 4.79 Å². The number of hydrogen-bond acceptors (Lipinski definition) is 2.